The summed E-state index contributed by atoms with van der Waals surface area (Å²) in [4.78, 5) is 19.0. The zero-order chi connectivity index (χ0) is 15.8. The minimum atomic E-state index is -0.0479. The topological polar surface area (TPSA) is 59.5 Å². The maximum Gasteiger partial charge on any atom is 0.289 e. The molecule has 0 N–H and O–H groups in total. The number of oxazole rings is 1. The highest BCUT2D eigenvalue weighted by Crippen LogP contribution is 2.30. The molecule has 1 atom stereocenters. The molecule has 0 spiro atoms. The van der Waals surface area contributed by atoms with Crippen molar-refractivity contribution in [3.8, 4) is 0 Å². The van der Waals surface area contributed by atoms with Crippen LogP contribution in [0.3, 0.4) is 0 Å². The molecule has 0 bridgehead atoms. The molecular weight excluding hydrogens is 292 g/mol. The van der Waals surface area contributed by atoms with Gasteiger partial charge in [0.2, 0.25) is 0 Å². The summed E-state index contributed by atoms with van der Waals surface area (Å²) in [6.07, 6.45) is 3.48. The van der Waals surface area contributed by atoms with Gasteiger partial charge in [-0.15, -0.1) is 0 Å². The van der Waals surface area contributed by atoms with E-state index in [0.717, 1.165) is 41.9 Å². The van der Waals surface area contributed by atoms with Crippen LogP contribution in [0.25, 0.3) is 11.1 Å². The fourth-order valence-electron chi connectivity index (χ4n) is 3.16. The molecular formula is C18H18N2O3. The molecule has 23 heavy (non-hydrogen) atoms. The Kier molecular flexibility index (Phi) is 3.41. The highest BCUT2D eigenvalue weighted by atomic mass is 16.4. The number of fused-ring (bicyclic) bond motifs is 1. The number of hydrogen-bond acceptors (Lipinski definition) is 4. The molecule has 3 heterocycles. The van der Waals surface area contributed by atoms with Gasteiger partial charge >= 0.3 is 0 Å². The Morgan fingerprint density at radius 3 is 2.96 bits per heavy atom. The number of aromatic nitrogens is 1. The minimum Gasteiger partial charge on any atom is -0.459 e. The lowest BCUT2D eigenvalue weighted by molar-refractivity contribution is 0.0665. The Labute approximate surface area is 133 Å². The molecule has 1 aliphatic heterocycles. The summed E-state index contributed by atoms with van der Waals surface area (Å²) in [6, 6.07) is 9.57. The molecule has 0 unspecified atom stereocenters. The molecule has 1 fully saturated rings. The number of benzene rings is 1. The lowest BCUT2D eigenvalue weighted by Crippen LogP contribution is -2.39. The van der Waals surface area contributed by atoms with E-state index in [1.807, 2.05) is 42.2 Å². The van der Waals surface area contributed by atoms with Gasteiger partial charge in [0.05, 0.1) is 12.2 Å². The number of piperidine rings is 1. The predicted molar refractivity (Wildman–Crippen MR) is 85.3 cm³/mol. The first-order valence-corrected chi connectivity index (χ1v) is 7.91. The van der Waals surface area contributed by atoms with E-state index < -0.39 is 0 Å². The molecule has 2 aromatic heterocycles. The van der Waals surface area contributed by atoms with E-state index in [1.54, 1.807) is 6.26 Å². The maximum absolute atomic E-state index is 12.6. The fourth-order valence-corrected chi connectivity index (χ4v) is 3.16. The summed E-state index contributed by atoms with van der Waals surface area (Å²) in [5.41, 5.74) is 2.54. The van der Waals surface area contributed by atoms with Crippen LogP contribution in [-0.2, 0) is 0 Å². The highest BCUT2D eigenvalue weighted by molar-refractivity contribution is 5.93. The number of carbonyl (C=O) groups is 1. The van der Waals surface area contributed by atoms with Gasteiger partial charge in [0.25, 0.3) is 5.91 Å². The average molecular weight is 310 g/mol. The first-order valence-electron chi connectivity index (χ1n) is 7.91. The number of likely N-dealkylation sites (tertiary alicyclic amines) is 1. The standard InChI is InChI=1S/C18H18N2O3/c1-12-8-10-22-16(12)18(21)20-9-4-5-13(11-20)17-19-14-6-2-3-7-15(14)23-17/h2-3,6-8,10,13H,4-5,9,11H2,1H3/t13-/m0/s1. The summed E-state index contributed by atoms with van der Waals surface area (Å²) >= 11 is 0. The van der Waals surface area contributed by atoms with Gasteiger partial charge in [-0.25, -0.2) is 4.98 Å². The number of amides is 1. The van der Waals surface area contributed by atoms with Crippen LogP contribution in [0.4, 0.5) is 0 Å². The molecule has 0 radical (unpaired) electrons. The molecule has 1 amide bonds. The van der Waals surface area contributed by atoms with Gasteiger partial charge < -0.3 is 13.7 Å². The van der Waals surface area contributed by atoms with Crippen molar-refractivity contribution in [1.82, 2.24) is 9.88 Å². The second-order valence-corrected chi connectivity index (χ2v) is 6.04. The Balaban J connectivity index is 1.57. The van der Waals surface area contributed by atoms with E-state index in [9.17, 15) is 4.79 Å². The van der Waals surface area contributed by atoms with Gasteiger partial charge in [-0.05, 0) is 38.0 Å². The largest absolute Gasteiger partial charge is 0.459 e. The number of carbonyl (C=O) groups excluding carboxylic acids is 1. The molecule has 118 valence electrons. The van der Waals surface area contributed by atoms with Crippen LogP contribution in [0.5, 0.6) is 0 Å². The van der Waals surface area contributed by atoms with Crippen molar-refractivity contribution in [3.63, 3.8) is 0 Å². The third-order valence-corrected chi connectivity index (χ3v) is 4.42. The predicted octanol–water partition coefficient (Wildman–Crippen LogP) is 3.75. The molecule has 1 saturated heterocycles. The highest BCUT2D eigenvalue weighted by Gasteiger charge is 2.30. The van der Waals surface area contributed by atoms with E-state index in [2.05, 4.69) is 4.98 Å². The van der Waals surface area contributed by atoms with E-state index in [-0.39, 0.29) is 11.8 Å². The van der Waals surface area contributed by atoms with Crippen molar-refractivity contribution in [3.05, 3.63) is 53.8 Å². The summed E-state index contributed by atoms with van der Waals surface area (Å²) < 4.78 is 11.2. The number of para-hydroxylation sites is 2. The van der Waals surface area contributed by atoms with Gasteiger partial charge in [-0.3, -0.25) is 4.79 Å². The van der Waals surface area contributed by atoms with Crippen molar-refractivity contribution >= 4 is 17.0 Å². The van der Waals surface area contributed by atoms with Gasteiger partial charge in [-0.1, -0.05) is 12.1 Å². The Bertz CT molecular complexity index is 816. The Morgan fingerprint density at radius 2 is 2.17 bits per heavy atom. The van der Waals surface area contributed by atoms with Crippen molar-refractivity contribution in [2.45, 2.75) is 25.7 Å². The number of aryl methyl sites for hydroxylation is 1. The zero-order valence-corrected chi connectivity index (χ0v) is 13.0. The summed E-state index contributed by atoms with van der Waals surface area (Å²) in [7, 11) is 0. The van der Waals surface area contributed by atoms with Gasteiger partial charge in [0.15, 0.2) is 17.2 Å². The summed E-state index contributed by atoms with van der Waals surface area (Å²) in [5.74, 6) is 1.24. The third kappa shape index (κ3) is 2.52. The van der Waals surface area contributed by atoms with Crippen molar-refractivity contribution in [2.24, 2.45) is 0 Å². The van der Waals surface area contributed by atoms with Crippen molar-refractivity contribution in [1.29, 1.82) is 0 Å². The zero-order valence-electron chi connectivity index (χ0n) is 13.0. The van der Waals surface area contributed by atoms with Crippen molar-refractivity contribution in [2.75, 3.05) is 13.1 Å². The average Bonchev–Trinajstić information content (AvgIpc) is 3.20. The van der Waals surface area contributed by atoms with Crippen LogP contribution in [0.1, 0.15) is 40.8 Å². The summed E-state index contributed by atoms with van der Waals surface area (Å²) in [6.45, 7) is 3.25. The Morgan fingerprint density at radius 1 is 1.30 bits per heavy atom. The fraction of sp³-hybridized carbons (Fsp3) is 0.333. The molecule has 0 saturated carbocycles. The number of nitrogens with zero attached hydrogens (tertiary/aromatic N) is 2. The van der Waals surface area contributed by atoms with Crippen molar-refractivity contribution < 1.29 is 13.6 Å². The second kappa shape index (κ2) is 5.57. The third-order valence-electron chi connectivity index (χ3n) is 4.42. The van der Waals surface area contributed by atoms with Gasteiger partial charge in [-0.2, -0.15) is 0 Å². The van der Waals surface area contributed by atoms with Gasteiger partial charge in [0, 0.05) is 18.7 Å². The second-order valence-electron chi connectivity index (χ2n) is 6.04. The number of rotatable bonds is 2. The molecule has 4 rings (SSSR count). The van der Waals surface area contributed by atoms with E-state index >= 15 is 0 Å². The maximum atomic E-state index is 12.6. The lowest BCUT2D eigenvalue weighted by atomic mass is 9.97. The van der Waals surface area contributed by atoms with E-state index in [1.165, 1.54) is 0 Å². The van der Waals surface area contributed by atoms with Crippen LogP contribution < -0.4 is 0 Å². The smallest absolute Gasteiger partial charge is 0.289 e. The van der Waals surface area contributed by atoms with E-state index in [0.29, 0.717) is 12.3 Å². The molecule has 5 nitrogen and oxygen atoms in total. The Hall–Kier alpha value is -2.56. The van der Waals surface area contributed by atoms with Crippen LogP contribution in [-0.4, -0.2) is 28.9 Å². The molecule has 1 aliphatic rings. The SMILES string of the molecule is Cc1ccoc1C(=O)N1CCC[C@H](c2nc3ccccc3o2)C1. The quantitative estimate of drug-likeness (QED) is 0.723. The van der Waals surface area contributed by atoms with Crippen LogP contribution in [0.15, 0.2) is 45.4 Å². The molecule has 3 aromatic rings. The molecule has 5 heteroatoms. The molecule has 1 aromatic carbocycles. The van der Waals surface area contributed by atoms with Crippen LogP contribution in [0.2, 0.25) is 0 Å². The van der Waals surface area contributed by atoms with Crippen LogP contribution in [0, 0.1) is 6.92 Å². The lowest BCUT2D eigenvalue weighted by Gasteiger charge is -2.30. The first kappa shape index (κ1) is 14.1. The van der Waals surface area contributed by atoms with E-state index in [4.69, 9.17) is 8.83 Å². The minimum absolute atomic E-state index is 0.0479. The van der Waals surface area contributed by atoms with Crippen LogP contribution >= 0.6 is 0 Å². The monoisotopic (exact) mass is 310 g/mol. The number of furan rings is 1. The normalized spacial score (nSPS) is 18.5. The summed E-state index contributed by atoms with van der Waals surface area (Å²) in [5, 5.41) is 0. The number of hydrogen-bond donors (Lipinski definition) is 0. The first-order chi connectivity index (χ1) is 11.2. The molecule has 0 aliphatic carbocycles. The van der Waals surface area contributed by atoms with Gasteiger partial charge in [0.1, 0.15) is 5.52 Å².